The molecule has 0 radical (unpaired) electrons. The fourth-order valence-corrected chi connectivity index (χ4v) is 2.95. The van der Waals surface area contributed by atoms with E-state index >= 15 is 0 Å². The third-order valence-corrected chi connectivity index (χ3v) is 5.89. The van der Waals surface area contributed by atoms with Crippen LogP contribution in [0.2, 0.25) is 0 Å². The lowest BCUT2D eigenvalue weighted by Crippen LogP contribution is -2.30. The predicted molar refractivity (Wildman–Crippen MR) is 215 cm³/mol. The van der Waals surface area contributed by atoms with Crippen LogP contribution in [0, 0.1) is 0 Å². The fourth-order valence-electron chi connectivity index (χ4n) is 2.95. The van der Waals surface area contributed by atoms with Crippen molar-refractivity contribution in [3.63, 3.8) is 0 Å². The van der Waals surface area contributed by atoms with Gasteiger partial charge in [-0.3, -0.25) is 9.59 Å². The molecule has 0 aliphatic carbocycles. The highest BCUT2D eigenvalue weighted by atomic mass is 16.6. The maximum atomic E-state index is 11.8. The van der Waals surface area contributed by atoms with Crippen LogP contribution in [-0.4, -0.2) is 93.5 Å². The van der Waals surface area contributed by atoms with Gasteiger partial charge in [0.15, 0.2) is 11.6 Å². The zero-order valence-corrected chi connectivity index (χ0v) is 32.1. The number of carboxylic acid groups (broad SMARTS) is 1. The van der Waals surface area contributed by atoms with E-state index < -0.39 is 35.1 Å². The highest BCUT2D eigenvalue weighted by Crippen LogP contribution is 2.18. The van der Waals surface area contributed by atoms with Gasteiger partial charge in [-0.05, 0) is 104 Å². The molecule has 2 rings (SSSR count). The third kappa shape index (κ3) is 25.3. The van der Waals surface area contributed by atoms with E-state index in [0.29, 0.717) is 28.2 Å². The van der Waals surface area contributed by atoms with Crippen molar-refractivity contribution in [1.82, 2.24) is 0 Å². The van der Waals surface area contributed by atoms with E-state index in [-0.39, 0.29) is 69.6 Å². The van der Waals surface area contributed by atoms with Crippen molar-refractivity contribution < 1.29 is 68.1 Å². The molecular weight excluding hydrogens is 728 g/mol. The number of aliphatic hydroxyl groups excluding tert-OH is 1. The number of Topliss-reactive ketones (excluding diaryl/α,β-unsaturated/α-hetero) is 2. The van der Waals surface area contributed by atoms with Crippen molar-refractivity contribution in [2.75, 3.05) is 26.4 Å². The summed E-state index contributed by atoms with van der Waals surface area (Å²) in [6.45, 7) is 25.5. The zero-order chi connectivity index (χ0) is 42.4. The van der Waals surface area contributed by atoms with Crippen LogP contribution in [0.1, 0.15) is 91.0 Å². The van der Waals surface area contributed by atoms with Gasteiger partial charge in [0.25, 0.3) is 0 Å². The molecule has 14 nitrogen and oxygen atoms in total. The van der Waals surface area contributed by atoms with Crippen LogP contribution in [0.3, 0.4) is 0 Å². The molecule has 56 heavy (non-hydrogen) atoms. The van der Waals surface area contributed by atoms with Gasteiger partial charge in [-0.2, -0.15) is 0 Å². The molecule has 0 spiro atoms. The molecular formula is C42H60O14. The summed E-state index contributed by atoms with van der Waals surface area (Å²) >= 11 is 0. The standard InChI is InChI=1S/C16H20O5.C12H16O4.C8H10O3.C4H6O2.2CH4/c1-11(2)15(18)21-10-9-20-13-7-5-12(6-8-13)14(17)16(3,4)19;1-12(2,15)11(14)9-3-5-10(6-4-9)16-8-7-13;1-5(2)7(9)11-8(10)6(3)4;1-3(2)4(5)6;;/h5-8,19H,1,9-10H2,2-4H3;3-6,13,15H,7-8H2,1-2H3;1,3H2,2,4H3;1H2,2H3,(H,5,6);2*1H4. The Hall–Kier alpha value is -5.70. The summed E-state index contributed by atoms with van der Waals surface area (Å²) in [6.07, 6.45) is 0. The first-order valence-corrected chi connectivity index (χ1v) is 16.2. The molecule has 0 bridgehead atoms. The van der Waals surface area contributed by atoms with E-state index in [4.69, 9.17) is 24.4 Å². The molecule has 0 unspecified atom stereocenters. The third-order valence-electron chi connectivity index (χ3n) is 5.89. The number of carboxylic acids is 1. The summed E-state index contributed by atoms with van der Waals surface area (Å²) in [4.78, 5) is 65.6. The van der Waals surface area contributed by atoms with E-state index in [9.17, 15) is 39.0 Å². The van der Waals surface area contributed by atoms with Gasteiger partial charge >= 0.3 is 23.9 Å². The number of carbonyl (C=O) groups is 6. The molecule has 0 saturated heterocycles. The number of hydrogen-bond donors (Lipinski definition) is 4. The Bertz CT molecular complexity index is 1600. The summed E-state index contributed by atoms with van der Waals surface area (Å²) in [6, 6.07) is 12.9. The largest absolute Gasteiger partial charge is 0.491 e. The minimum Gasteiger partial charge on any atom is -0.491 e. The van der Waals surface area contributed by atoms with E-state index in [0.717, 1.165) is 0 Å². The molecule has 312 valence electrons. The number of ketones is 2. The number of aliphatic hydroxyl groups is 3. The average Bonchev–Trinajstić information content (AvgIpc) is 3.08. The SMILES string of the molecule is C.C.C=C(C)C(=O)O.C=C(C)C(=O)OC(=O)C(=C)C.C=C(C)C(=O)OCCOc1ccc(C(=O)C(C)(C)O)cc1.CC(C)(O)C(=O)c1ccc(OCCO)cc1. The average molecular weight is 789 g/mol. The summed E-state index contributed by atoms with van der Waals surface area (Å²) in [7, 11) is 0. The summed E-state index contributed by atoms with van der Waals surface area (Å²) in [5, 5.41) is 35.6. The Labute approximate surface area is 330 Å². The zero-order valence-electron chi connectivity index (χ0n) is 32.1. The van der Waals surface area contributed by atoms with Crippen LogP contribution in [0.5, 0.6) is 11.5 Å². The monoisotopic (exact) mass is 788 g/mol. The van der Waals surface area contributed by atoms with E-state index in [2.05, 4.69) is 31.1 Å². The minimum absolute atomic E-state index is 0. The second-order valence-corrected chi connectivity index (χ2v) is 12.5. The second-order valence-electron chi connectivity index (χ2n) is 12.5. The molecule has 2 aromatic rings. The maximum absolute atomic E-state index is 11.8. The Morgan fingerprint density at radius 2 is 0.857 bits per heavy atom. The van der Waals surface area contributed by atoms with Crippen molar-refractivity contribution in [3.8, 4) is 11.5 Å². The normalized spacial score (nSPS) is 9.77. The molecule has 0 fully saturated rings. The van der Waals surface area contributed by atoms with E-state index in [1.54, 1.807) is 55.5 Å². The van der Waals surface area contributed by atoms with Gasteiger partial charge in [0.1, 0.15) is 42.5 Å². The van der Waals surface area contributed by atoms with Crippen molar-refractivity contribution in [2.45, 2.75) is 81.4 Å². The highest BCUT2D eigenvalue weighted by Gasteiger charge is 2.25. The number of esters is 3. The number of hydrogen-bond acceptors (Lipinski definition) is 13. The van der Waals surface area contributed by atoms with Crippen molar-refractivity contribution >= 4 is 35.4 Å². The summed E-state index contributed by atoms with van der Waals surface area (Å²) in [5.74, 6) is -2.36. The molecule has 0 aliphatic heterocycles. The maximum Gasteiger partial charge on any atom is 0.340 e. The molecule has 14 heteroatoms. The Morgan fingerprint density at radius 1 is 0.554 bits per heavy atom. The Morgan fingerprint density at radius 3 is 1.11 bits per heavy atom. The number of ether oxygens (including phenoxy) is 4. The second kappa shape index (κ2) is 27.8. The first-order valence-electron chi connectivity index (χ1n) is 16.2. The van der Waals surface area contributed by atoms with Gasteiger partial charge in [0.05, 0.1) is 6.61 Å². The lowest BCUT2D eigenvalue weighted by molar-refractivity contribution is -0.154. The Kier molecular flexibility index (Phi) is 28.3. The molecule has 0 atom stereocenters. The first kappa shape index (κ1) is 57.0. The highest BCUT2D eigenvalue weighted by molar-refractivity contribution is 6.02. The van der Waals surface area contributed by atoms with E-state index in [1.165, 1.54) is 48.5 Å². The number of carbonyl (C=O) groups excluding carboxylic acids is 5. The van der Waals surface area contributed by atoms with Crippen LogP contribution in [0.25, 0.3) is 0 Å². The summed E-state index contributed by atoms with van der Waals surface area (Å²) < 4.78 is 19.7. The lowest BCUT2D eigenvalue weighted by atomic mass is 9.97. The van der Waals surface area contributed by atoms with Gasteiger partial charge < -0.3 is 39.4 Å². The molecule has 2 aromatic carbocycles. The van der Waals surface area contributed by atoms with Crippen LogP contribution < -0.4 is 9.47 Å². The van der Waals surface area contributed by atoms with E-state index in [1.807, 2.05) is 0 Å². The van der Waals surface area contributed by atoms with Crippen molar-refractivity contribution in [3.05, 3.63) is 108 Å². The predicted octanol–water partition coefficient (Wildman–Crippen LogP) is 6.28. The number of aliphatic carboxylic acids is 1. The van der Waals surface area contributed by atoms with Crippen molar-refractivity contribution in [1.29, 1.82) is 0 Å². The smallest absolute Gasteiger partial charge is 0.340 e. The Balaban J connectivity index is -0.000000344. The molecule has 0 aromatic heterocycles. The van der Waals surface area contributed by atoms with Crippen molar-refractivity contribution in [2.24, 2.45) is 0 Å². The first-order chi connectivity index (χ1) is 24.8. The van der Waals surface area contributed by atoms with Gasteiger partial charge in [0, 0.05) is 33.4 Å². The number of rotatable bonds is 15. The fraction of sp³-hybridized carbons (Fsp3) is 0.381. The van der Waals surface area contributed by atoms with Gasteiger partial charge in [-0.15, -0.1) is 0 Å². The number of benzene rings is 2. The van der Waals surface area contributed by atoms with Crippen LogP contribution >= 0.6 is 0 Å². The molecule has 0 amide bonds. The molecule has 0 aliphatic rings. The molecule has 0 saturated carbocycles. The van der Waals surface area contributed by atoms with Crippen LogP contribution in [0.4, 0.5) is 0 Å². The molecule has 4 N–H and O–H groups in total. The van der Waals surface area contributed by atoms with Gasteiger partial charge in [-0.25, -0.2) is 19.2 Å². The quantitative estimate of drug-likeness (QED) is 0.0513. The van der Waals surface area contributed by atoms with Crippen LogP contribution in [0.15, 0.2) is 97.1 Å². The minimum atomic E-state index is -1.40. The lowest BCUT2D eigenvalue weighted by Gasteiger charge is -2.15. The topological polar surface area (TPSA) is 220 Å². The summed E-state index contributed by atoms with van der Waals surface area (Å²) in [5.41, 5.74) is -1.03. The van der Waals surface area contributed by atoms with Crippen LogP contribution in [-0.2, 0) is 28.7 Å². The van der Waals surface area contributed by atoms with Gasteiger partial charge in [-0.1, -0.05) is 41.2 Å². The molecule has 0 heterocycles. The van der Waals surface area contributed by atoms with Gasteiger partial charge in [0.2, 0.25) is 0 Å².